The minimum atomic E-state index is -0.944. The van der Waals surface area contributed by atoms with Gasteiger partial charge >= 0.3 is 5.97 Å². The van der Waals surface area contributed by atoms with Crippen LogP contribution in [0.4, 0.5) is 0 Å². The molecule has 0 aliphatic heterocycles. The lowest BCUT2D eigenvalue weighted by molar-refractivity contribution is -0.152. The first-order valence-corrected chi connectivity index (χ1v) is 9.70. The number of carbonyl (C=O) groups is 1. The van der Waals surface area contributed by atoms with Gasteiger partial charge in [-0.05, 0) is 30.7 Å². The van der Waals surface area contributed by atoms with Crippen LogP contribution in [0.15, 0.2) is 65.7 Å². The van der Waals surface area contributed by atoms with Crippen LogP contribution in [-0.4, -0.2) is 20.5 Å². The van der Waals surface area contributed by atoms with Gasteiger partial charge in [0, 0.05) is 40.3 Å². The van der Waals surface area contributed by atoms with Gasteiger partial charge in [-0.15, -0.1) is 0 Å². The van der Waals surface area contributed by atoms with Crippen molar-refractivity contribution in [2.75, 3.05) is 0 Å². The van der Waals surface area contributed by atoms with Crippen LogP contribution in [0.1, 0.15) is 25.0 Å². The minimum Gasteiger partial charge on any atom is -0.450 e. The van der Waals surface area contributed by atoms with Crippen molar-refractivity contribution in [1.29, 1.82) is 0 Å². The summed E-state index contributed by atoms with van der Waals surface area (Å²) in [4.78, 5) is 21.2. The number of pyridine rings is 1. The molecule has 5 rings (SSSR count). The third-order valence-electron chi connectivity index (χ3n) is 5.21. The zero-order valence-corrected chi connectivity index (χ0v) is 16.9. The Morgan fingerprint density at radius 3 is 2.79 bits per heavy atom. The van der Waals surface area contributed by atoms with E-state index in [1.165, 1.54) is 6.92 Å². The number of aromatic nitrogens is 3. The van der Waals surface area contributed by atoms with E-state index in [2.05, 4.69) is 33.0 Å². The van der Waals surface area contributed by atoms with E-state index in [1.54, 1.807) is 12.5 Å². The maximum absolute atomic E-state index is 12.1. The van der Waals surface area contributed by atoms with E-state index in [-0.39, 0.29) is 5.97 Å². The van der Waals surface area contributed by atoms with E-state index < -0.39 is 5.60 Å². The maximum Gasteiger partial charge on any atom is 0.303 e. The van der Waals surface area contributed by atoms with Crippen LogP contribution in [0.5, 0.6) is 0 Å². The lowest BCUT2D eigenvalue weighted by Crippen LogP contribution is -2.29. The van der Waals surface area contributed by atoms with Crippen LogP contribution in [0, 0.1) is 0 Å². The van der Waals surface area contributed by atoms with Crippen molar-refractivity contribution in [3.8, 4) is 16.9 Å². The first kappa shape index (κ1) is 17.1. The Hall–Kier alpha value is -2.99. The first-order chi connectivity index (χ1) is 13.5. The Bertz CT molecular complexity index is 1250. The number of nitrogens with zero attached hydrogens (tertiary/aromatic N) is 3. The molecule has 0 N–H and O–H groups in total. The fourth-order valence-corrected chi connectivity index (χ4v) is 4.53. The molecule has 2 aromatic carbocycles. The van der Waals surface area contributed by atoms with Gasteiger partial charge in [0.2, 0.25) is 0 Å². The zero-order chi connectivity index (χ0) is 19.5. The van der Waals surface area contributed by atoms with Gasteiger partial charge in [-0.2, -0.15) is 0 Å². The zero-order valence-electron chi connectivity index (χ0n) is 15.3. The number of carbonyl (C=O) groups excluding carboxylic acids is 1. The standard InChI is InChI=1S/C22H16BrN3O2/c1-13(27)28-22(2)17-6-4-3-5-15(17)19-16-11-14(23)7-8-18(16)25-21(20(19)22)26-10-9-24-12-26/h3-12H,1-2H3. The average Bonchev–Trinajstić information content (AvgIpc) is 3.28. The number of esters is 1. The number of imidazole rings is 1. The Labute approximate surface area is 170 Å². The summed E-state index contributed by atoms with van der Waals surface area (Å²) in [5.41, 5.74) is 3.83. The van der Waals surface area contributed by atoms with Crippen molar-refractivity contribution >= 4 is 32.8 Å². The van der Waals surface area contributed by atoms with Crippen LogP contribution in [0.25, 0.3) is 27.8 Å². The smallest absolute Gasteiger partial charge is 0.303 e. The molecule has 0 bridgehead atoms. The lowest BCUT2D eigenvalue weighted by atomic mass is 9.92. The number of rotatable bonds is 2. The Morgan fingerprint density at radius 1 is 1.21 bits per heavy atom. The summed E-state index contributed by atoms with van der Waals surface area (Å²) in [6, 6.07) is 14.1. The normalized spacial score (nSPS) is 17.4. The van der Waals surface area contributed by atoms with E-state index in [9.17, 15) is 4.79 Å². The molecule has 28 heavy (non-hydrogen) atoms. The highest BCUT2D eigenvalue weighted by molar-refractivity contribution is 9.10. The molecule has 5 nitrogen and oxygen atoms in total. The molecular formula is C22H16BrN3O2. The first-order valence-electron chi connectivity index (χ1n) is 8.90. The molecule has 1 aliphatic rings. The van der Waals surface area contributed by atoms with Gasteiger partial charge in [0.05, 0.1) is 11.1 Å². The molecule has 138 valence electrons. The summed E-state index contributed by atoms with van der Waals surface area (Å²) < 4.78 is 8.78. The second kappa shape index (κ2) is 6.01. The summed E-state index contributed by atoms with van der Waals surface area (Å²) >= 11 is 3.58. The van der Waals surface area contributed by atoms with Crippen LogP contribution in [0.3, 0.4) is 0 Å². The van der Waals surface area contributed by atoms with Crippen molar-refractivity contribution in [1.82, 2.24) is 14.5 Å². The highest BCUT2D eigenvalue weighted by Gasteiger charge is 2.46. The van der Waals surface area contributed by atoms with Crippen LogP contribution in [-0.2, 0) is 15.1 Å². The summed E-state index contributed by atoms with van der Waals surface area (Å²) in [7, 11) is 0. The van der Waals surface area contributed by atoms with Gasteiger partial charge in [0.15, 0.2) is 5.60 Å². The average molecular weight is 434 g/mol. The van der Waals surface area contributed by atoms with E-state index in [4.69, 9.17) is 9.72 Å². The fraction of sp³-hybridized carbons (Fsp3) is 0.136. The van der Waals surface area contributed by atoms with Gasteiger partial charge in [0.25, 0.3) is 0 Å². The Morgan fingerprint density at radius 2 is 2.04 bits per heavy atom. The molecule has 0 saturated heterocycles. The molecule has 4 aromatic rings. The topological polar surface area (TPSA) is 57.0 Å². The summed E-state index contributed by atoms with van der Waals surface area (Å²) in [5, 5.41) is 1.01. The molecule has 0 radical (unpaired) electrons. The molecule has 0 fully saturated rings. The van der Waals surface area contributed by atoms with Crippen molar-refractivity contribution in [3.05, 3.63) is 76.8 Å². The number of halogens is 1. The molecule has 0 saturated carbocycles. The molecular weight excluding hydrogens is 418 g/mol. The van der Waals surface area contributed by atoms with E-state index in [1.807, 2.05) is 48.0 Å². The highest BCUT2D eigenvalue weighted by Crippen LogP contribution is 2.53. The SMILES string of the molecule is CC(=O)OC1(C)c2ccccc2-c2c1c(-n1ccnc1)nc1ccc(Br)cc21. The van der Waals surface area contributed by atoms with Crippen molar-refractivity contribution < 1.29 is 9.53 Å². The van der Waals surface area contributed by atoms with E-state index in [0.29, 0.717) is 5.82 Å². The minimum absolute atomic E-state index is 0.337. The Balaban J connectivity index is 1.99. The third kappa shape index (κ3) is 2.34. The van der Waals surface area contributed by atoms with Gasteiger partial charge in [-0.25, -0.2) is 9.97 Å². The molecule has 1 aliphatic carbocycles. The largest absolute Gasteiger partial charge is 0.450 e. The summed E-state index contributed by atoms with van der Waals surface area (Å²) in [6.45, 7) is 3.37. The summed E-state index contributed by atoms with van der Waals surface area (Å²) in [5.74, 6) is 0.373. The van der Waals surface area contributed by atoms with Gasteiger partial charge in [0.1, 0.15) is 12.1 Å². The lowest BCUT2D eigenvalue weighted by Gasteiger charge is -2.28. The van der Waals surface area contributed by atoms with E-state index >= 15 is 0 Å². The molecule has 2 aromatic heterocycles. The molecule has 0 amide bonds. The summed E-state index contributed by atoms with van der Waals surface area (Å²) in [6.07, 6.45) is 5.28. The van der Waals surface area contributed by atoms with Crippen LogP contribution >= 0.6 is 15.9 Å². The van der Waals surface area contributed by atoms with Crippen LogP contribution < -0.4 is 0 Å². The number of hydrogen-bond donors (Lipinski definition) is 0. The number of fused-ring (bicyclic) bond motifs is 5. The number of benzene rings is 2. The second-order valence-corrected chi connectivity index (χ2v) is 7.90. The highest BCUT2D eigenvalue weighted by atomic mass is 79.9. The Kier molecular flexibility index (Phi) is 3.67. The second-order valence-electron chi connectivity index (χ2n) is 6.99. The predicted molar refractivity (Wildman–Crippen MR) is 110 cm³/mol. The number of hydrogen-bond acceptors (Lipinski definition) is 4. The van der Waals surface area contributed by atoms with Gasteiger partial charge in [-0.1, -0.05) is 40.2 Å². The van der Waals surface area contributed by atoms with Gasteiger partial charge < -0.3 is 4.74 Å². The molecule has 1 atom stereocenters. The molecule has 2 heterocycles. The third-order valence-corrected chi connectivity index (χ3v) is 5.71. The van der Waals surface area contributed by atoms with Gasteiger partial charge in [-0.3, -0.25) is 9.36 Å². The number of ether oxygens (including phenoxy) is 1. The van der Waals surface area contributed by atoms with Crippen LogP contribution in [0.2, 0.25) is 0 Å². The van der Waals surface area contributed by atoms with Crippen molar-refractivity contribution in [2.45, 2.75) is 19.4 Å². The quantitative estimate of drug-likeness (QED) is 0.417. The molecule has 6 heteroatoms. The predicted octanol–water partition coefficient (Wildman–Crippen LogP) is 4.99. The molecule has 0 spiro atoms. The fourth-order valence-electron chi connectivity index (χ4n) is 4.17. The van der Waals surface area contributed by atoms with Crippen molar-refractivity contribution in [2.24, 2.45) is 0 Å². The van der Waals surface area contributed by atoms with E-state index in [0.717, 1.165) is 37.6 Å². The monoisotopic (exact) mass is 433 g/mol. The molecule has 1 unspecified atom stereocenters. The van der Waals surface area contributed by atoms with Crippen molar-refractivity contribution in [3.63, 3.8) is 0 Å². The maximum atomic E-state index is 12.1.